The van der Waals surface area contributed by atoms with E-state index in [2.05, 4.69) is 0 Å². The van der Waals surface area contributed by atoms with E-state index in [0.717, 1.165) is 11.1 Å². The van der Waals surface area contributed by atoms with Crippen LogP contribution in [-0.2, 0) is 22.5 Å². The van der Waals surface area contributed by atoms with Crippen molar-refractivity contribution in [3.63, 3.8) is 0 Å². The number of ether oxygens (including phenoxy) is 1. The van der Waals surface area contributed by atoms with E-state index >= 15 is 0 Å². The average Bonchev–Trinajstić information content (AvgIpc) is 2.43. The first-order valence-electron chi connectivity index (χ1n) is 6.72. The normalized spacial score (nSPS) is 14.2. The molecule has 0 saturated heterocycles. The molecule has 0 unspecified atom stereocenters. The van der Waals surface area contributed by atoms with Crippen molar-refractivity contribution in [1.82, 2.24) is 4.90 Å². The third kappa shape index (κ3) is 3.17. The summed E-state index contributed by atoms with van der Waals surface area (Å²) in [6.45, 7) is 4.75. The monoisotopic (exact) mass is 277 g/mol. The highest BCUT2D eigenvalue weighted by Crippen LogP contribution is 2.23. The Morgan fingerprint density at radius 3 is 2.80 bits per heavy atom. The van der Waals surface area contributed by atoms with Crippen LogP contribution in [0.2, 0.25) is 0 Å². The number of carboxylic acids is 1. The molecule has 0 aliphatic carbocycles. The van der Waals surface area contributed by atoms with E-state index in [1.807, 2.05) is 19.9 Å². The van der Waals surface area contributed by atoms with Crippen LogP contribution in [0.4, 0.5) is 0 Å². The Hall–Kier alpha value is -1.88. The summed E-state index contributed by atoms with van der Waals surface area (Å²) in [5.74, 6) is -1.04. The van der Waals surface area contributed by atoms with Crippen LogP contribution in [0, 0.1) is 0 Å². The molecule has 0 spiro atoms. The van der Waals surface area contributed by atoms with Gasteiger partial charge in [-0.15, -0.1) is 0 Å². The third-order valence-electron chi connectivity index (χ3n) is 3.40. The predicted octanol–water partition coefficient (Wildman–Crippen LogP) is 1.69. The number of hydrogen-bond acceptors (Lipinski definition) is 3. The number of carbonyl (C=O) groups is 2. The molecule has 0 atom stereocenters. The molecule has 1 N–H and O–H groups in total. The van der Waals surface area contributed by atoms with Crippen molar-refractivity contribution in [2.75, 3.05) is 13.2 Å². The van der Waals surface area contributed by atoms with Gasteiger partial charge in [0.25, 0.3) is 0 Å². The molecule has 2 rings (SSSR count). The summed E-state index contributed by atoms with van der Waals surface area (Å²) in [6.07, 6.45) is 0.690. The fourth-order valence-electron chi connectivity index (χ4n) is 2.32. The fourth-order valence-corrected chi connectivity index (χ4v) is 2.32. The quantitative estimate of drug-likeness (QED) is 0.909. The smallest absolute Gasteiger partial charge is 0.336 e. The molecule has 0 saturated carbocycles. The second-order valence-electron chi connectivity index (χ2n) is 5.17. The van der Waals surface area contributed by atoms with Gasteiger partial charge in [0.15, 0.2) is 0 Å². The second-order valence-corrected chi connectivity index (χ2v) is 5.17. The van der Waals surface area contributed by atoms with E-state index in [9.17, 15) is 14.7 Å². The molecule has 0 fully saturated rings. The molecule has 0 aromatic heterocycles. The first kappa shape index (κ1) is 14.5. The van der Waals surface area contributed by atoms with Crippen molar-refractivity contribution in [2.45, 2.75) is 32.9 Å². The summed E-state index contributed by atoms with van der Waals surface area (Å²) in [5, 5.41) is 9.21. The minimum Gasteiger partial charge on any atom is -0.478 e. The van der Waals surface area contributed by atoms with Gasteiger partial charge in [0.1, 0.15) is 6.61 Å². The van der Waals surface area contributed by atoms with E-state index < -0.39 is 5.97 Å². The number of benzene rings is 1. The topological polar surface area (TPSA) is 66.8 Å². The largest absolute Gasteiger partial charge is 0.478 e. The van der Waals surface area contributed by atoms with Gasteiger partial charge in [-0.2, -0.15) is 0 Å². The van der Waals surface area contributed by atoms with Crippen molar-refractivity contribution in [3.05, 3.63) is 34.9 Å². The number of hydrogen-bond donors (Lipinski definition) is 1. The summed E-state index contributed by atoms with van der Waals surface area (Å²) in [7, 11) is 0. The van der Waals surface area contributed by atoms with E-state index in [4.69, 9.17) is 4.74 Å². The number of rotatable bonds is 4. The molecule has 1 aromatic rings. The number of aromatic carboxylic acids is 1. The van der Waals surface area contributed by atoms with Crippen molar-refractivity contribution in [3.8, 4) is 0 Å². The predicted molar refractivity (Wildman–Crippen MR) is 73.6 cm³/mol. The van der Waals surface area contributed by atoms with Crippen LogP contribution in [0.3, 0.4) is 0 Å². The fraction of sp³-hybridized carbons (Fsp3) is 0.467. The Morgan fingerprint density at radius 2 is 2.15 bits per heavy atom. The number of fused-ring (bicyclic) bond motifs is 1. The van der Waals surface area contributed by atoms with Crippen LogP contribution in [0.25, 0.3) is 0 Å². The van der Waals surface area contributed by atoms with Gasteiger partial charge in [-0.05, 0) is 37.5 Å². The minimum absolute atomic E-state index is 0.00519. The maximum absolute atomic E-state index is 12.0. The van der Waals surface area contributed by atoms with Crippen LogP contribution in [0.15, 0.2) is 18.2 Å². The molecule has 1 aliphatic heterocycles. The molecule has 1 aromatic carbocycles. The standard InChI is InChI=1S/C15H19NO4/c1-10(2)20-9-14(17)16-7-6-11-4-3-5-12(15(18)19)13(11)8-16/h3-5,10H,6-9H2,1-2H3,(H,18,19). The maximum atomic E-state index is 12.0. The Balaban J connectivity index is 2.13. The first-order chi connectivity index (χ1) is 9.49. The van der Waals surface area contributed by atoms with Gasteiger partial charge < -0.3 is 14.7 Å². The van der Waals surface area contributed by atoms with Gasteiger partial charge in [-0.25, -0.2) is 4.79 Å². The molecule has 5 heteroatoms. The molecule has 5 nitrogen and oxygen atoms in total. The number of carboxylic acid groups (broad SMARTS) is 1. The van der Waals surface area contributed by atoms with E-state index in [1.165, 1.54) is 0 Å². The highest BCUT2D eigenvalue weighted by molar-refractivity contribution is 5.90. The van der Waals surface area contributed by atoms with Crippen LogP contribution in [-0.4, -0.2) is 41.1 Å². The van der Waals surface area contributed by atoms with E-state index in [-0.39, 0.29) is 24.2 Å². The zero-order valence-corrected chi connectivity index (χ0v) is 11.8. The molecule has 0 bridgehead atoms. The number of nitrogens with zero attached hydrogens (tertiary/aromatic N) is 1. The SMILES string of the molecule is CC(C)OCC(=O)N1CCc2cccc(C(=O)O)c2C1. The summed E-state index contributed by atoms with van der Waals surface area (Å²) in [4.78, 5) is 24.9. The molecule has 1 aliphatic rings. The van der Waals surface area contributed by atoms with Gasteiger partial charge in [0.2, 0.25) is 5.91 Å². The van der Waals surface area contributed by atoms with Crippen molar-refractivity contribution in [2.24, 2.45) is 0 Å². The van der Waals surface area contributed by atoms with Crippen molar-refractivity contribution >= 4 is 11.9 Å². The molecule has 1 heterocycles. The molecule has 108 valence electrons. The summed E-state index contributed by atoms with van der Waals surface area (Å²) < 4.78 is 5.31. The zero-order valence-electron chi connectivity index (χ0n) is 11.8. The van der Waals surface area contributed by atoms with Crippen LogP contribution >= 0.6 is 0 Å². The van der Waals surface area contributed by atoms with Gasteiger partial charge in [0, 0.05) is 13.1 Å². The van der Waals surface area contributed by atoms with Crippen LogP contribution < -0.4 is 0 Å². The Bertz CT molecular complexity index is 525. The Labute approximate surface area is 118 Å². The lowest BCUT2D eigenvalue weighted by atomic mass is 9.95. The third-order valence-corrected chi connectivity index (χ3v) is 3.40. The molecular weight excluding hydrogens is 258 g/mol. The minimum atomic E-state index is -0.949. The van der Waals surface area contributed by atoms with Gasteiger partial charge in [-0.3, -0.25) is 4.79 Å². The highest BCUT2D eigenvalue weighted by Gasteiger charge is 2.24. The molecule has 20 heavy (non-hydrogen) atoms. The summed E-state index contributed by atoms with van der Waals surface area (Å²) in [6, 6.07) is 5.26. The lowest BCUT2D eigenvalue weighted by molar-refractivity contribution is -0.138. The van der Waals surface area contributed by atoms with E-state index in [1.54, 1.807) is 17.0 Å². The van der Waals surface area contributed by atoms with Gasteiger partial charge in [-0.1, -0.05) is 12.1 Å². The van der Waals surface area contributed by atoms with Gasteiger partial charge in [0.05, 0.1) is 11.7 Å². The number of amides is 1. The lowest BCUT2D eigenvalue weighted by Crippen LogP contribution is -2.39. The second kappa shape index (κ2) is 6.05. The first-order valence-corrected chi connectivity index (χ1v) is 6.72. The van der Waals surface area contributed by atoms with Gasteiger partial charge >= 0.3 is 5.97 Å². The lowest BCUT2D eigenvalue weighted by Gasteiger charge is -2.30. The van der Waals surface area contributed by atoms with E-state index in [0.29, 0.717) is 19.5 Å². The number of carbonyl (C=O) groups excluding carboxylic acids is 1. The maximum Gasteiger partial charge on any atom is 0.336 e. The van der Waals surface area contributed by atoms with Crippen molar-refractivity contribution in [1.29, 1.82) is 0 Å². The molecular formula is C15H19NO4. The zero-order chi connectivity index (χ0) is 14.7. The van der Waals surface area contributed by atoms with Crippen molar-refractivity contribution < 1.29 is 19.4 Å². The Kier molecular flexibility index (Phi) is 4.39. The van der Waals surface area contributed by atoms with Crippen LogP contribution in [0.5, 0.6) is 0 Å². The molecule has 1 amide bonds. The molecule has 0 radical (unpaired) electrons. The Morgan fingerprint density at radius 1 is 1.40 bits per heavy atom. The highest BCUT2D eigenvalue weighted by atomic mass is 16.5. The summed E-state index contributed by atoms with van der Waals surface area (Å²) in [5.41, 5.74) is 2.03. The van der Waals surface area contributed by atoms with Crippen LogP contribution in [0.1, 0.15) is 35.3 Å². The summed E-state index contributed by atoms with van der Waals surface area (Å²) >= 11 is 0. The average molecular weight is 277 g/mol.